The van der Waals surface area contributed by atoms with Gasteiger partial charge in [0, 0.05) is 33.5 Å². The summed E-state index contributed by atoms with van der Waals surface area (Å²) in [5.74, 6) is 0. The van der Waals surface area contributed by atoms with Crippen LogP contribution in [0.1, 0.15) is 0 Å². The molecule has 12 aromatic carbocycles. The lowest BCUT2D eigenvalue weighted by Gasteiger charge is -2.28. The minimum atomic E-state index is 1.12. The first-order valence-electron chi connectivity index (χ1n) is 20.0. The van der Waals surface area contributed by atoms with Crippen molar-refractivity contribution in [3.05, 3.63) is 218 Å². The van der Waals surface area contributed by atoms with Gasteiger partial charge in [-0.15, -0.1) is 0 Å². The number of benzene rings is 12. The molecule has 0 amide bonds. The normalized spacial score (nSPS) is 11.8. The van der Waals surface area contributed by atoms with Crippen LogP contribution in [0.5, 0.6) is 0 Å². The molecule has 58 heavy (non-hydrogen) atoms. The fraction of sp³-hybridized carbons (Fsp3) is 0. The van der Waals surface area contributed by atoms with E-state index in [1.54, 1.807) is 0 Å². The molecule has 0 atom stereocenters. The second-order valence-electron chi connectivity index (χ2n) is 15.3. The quantitative estimate of drug-likeness (QED) is 0.150. The minimum absolute atomic E-state index is 1.12. The van der Waals surface area contributed by atoms with Crippen LogP contribution in [0.2, 0.25) is 0 Å². The summed E-state index contributed by atoms with van der Waals surface area (Å²) in [7, 11) is 0. The number of anilines is 6. The molecule has 0 N–H and O–H groups in total. The van der Waals surface area contributed by atoms with Crippen molar-refractivity contribution in [1.82, 2.24) is 0 Å². The molecule has 12 rings (SSSR count). The van der Waals surface area contributed by atoms with Crippen molar-refractivity contribution in [3.8, 4) is 11.1 Å². The molecule has 2 nitrogen and oxygen atoms in total. The highest BCUT2D eigenvalue weighted by molar-refractivity contribution is 6.27. The lowest BCUT2D eigenvalue weighted by Crippen LogP contribution is -2.10. The van der Waals surface area contributed by atoms with E-state index in [0.29, 0.717) is 0 Å². The zero-order chi connectivity index (χ0) is 38.2. The predicted octanol–water partition coefficient (Wildman–Crippen LogP) is 16.1. The molecule has 2 heteroatoms. The van der Waals surface area contributed by atoms with Gasteiger partial charge in [0.1, 0.15) is 0 Å². The second kappa shape index (κ2) is 12.9. The Labute approximate surface area is 336 Å². The number of rotatable bonds is 7. The Kier molecular flexibility index (Phi) is 7.26. The van der Waals surface area contributed by atoms with E-state index in [4.69, 9.17) is 0 Å². The van der Waals surface area contributed by atoms with Crippen LogP contribution in [0.4, 0.5) is 34.1 Å². The van der Waals surface area contributed by atoms with E-state index < -0.39 is 0 Å². The molecular weight excluding hydrogens is 701 g/mol. The molecule has 270 valence electrons. The van der Waals surface area contributed by atoms with Crippen molar-refractivity contribution in [2.45, 2.75) is 0 Å². The van der Waals surface area contributed by atoms with Crippen LogP contribution >= 0.6 is 0 Å². The summed E-state index contributed by atoms with van der Waals surface area (Å²) in [5.41, 5.74) is 9.17. The molecule has 0 aliphatic carbocycles. The third kappa shape index (κ3) is 5.05. The lowest BCUT2D eigenvalue weighted by molar-refractivity contribution is 1.29. The Morgan fingerprint density at radius 2 is 0.517 bits per heavy atom. The topological polar surface area (TPSA) is 6.48 Å². The molecule has 0 bridgehead atoms. The summed E-state index contributed by atoms with van der Waals surface area (Å²) in [4.78, 5) is 4.79. The van der Waals surface area contributed by atoms with E-state index in [2.05, 4.69) is 228 Å². The summed E-state index contributed by atoms with van der Waals surface area (Å²) in [6.45, 7) is 0. The first kappa shape index (κ1) is 32.6. The number of hydrogen-bond donors (Lipinski definition) is 0. The molecule has 0 radical (unpaired) electrons. The average molecular weight is 737 g/mol. The standard InChI is InChI=1S/C56H36N2/c1-3-13-45(14-4-1)57(51-35-27-43-19-17-39-9-7-11-41-25-33-49(51)55(43)53(39)41)47-29-21-37(22-30-47)38-23-31-48(32-24-38)58(46-15-5-2-6-16-46)52-36-28-44-20-18-40-10-8-12-42-26-34-50(52)56(44)54(40)42/h1-36H. The van der Waals surface area contributed by atoms with Crippen LogP contribution in [0.15, 0.2) is 218 Å². The van der Waals surface area contributed by atoms with Crippen molar-refractivity contribution >= 4 is 98.8 Å². The zero-order valence-electron chi connectivity index (χ0n) is 31.7. The van der Waals surface area contributed by atoms with Crippen LogP contribution in [0.25, 0.3) is 75.8 Å². The first-order chi connectivity index (χ1) is 28.8. The fourth-order valence-corrected chi connectivity index (χ4v) is 9.44. The molecule has 0 aliphatic rings. The van der Waals surface area contributed by atoms with Crippen molar-refractivity contribution in [2.75, 3.05) is 9.80 Å². The average Bonchev–Trinajstić information content (AvgIpc) is 3.29. The molecule has 0 spiro atoms. The van der Waals surface area contributed by atoms with Gasteiger partial charge in [-0.05, 0) is 126 Å². The maximum atomic E-state index is 2.40. The van der Waals surface area contributed by atoms with Gasteiger partial charge in [-0.2, -0.15) is 0 Å². The van der Waals surface area contributed by atoms with E-state index in [-0.39, 0.29) is 0 Å². The van der Waals surface area contributed by atoms with Crippen LogP contribution in [0, 0.1) is 0 Å². The van der Waals surface area contributed by atoms with Crippen molar-refractivity contribution in [1.29, 1.82) is 0 Å². The summed E-state index contributed by atoms with van der Waals surface area (Å²) < 4.78 is 0. The number of para-hydroxylation sites is 2. The fourth-order valence-electron chi connectivity index (χ4n) is 9.44. The summed E-state index contributed by atoms with van der Waals surface area (Å²) in [6, 6.07) is 80.0. The highest BCUT2D eigenvalue weighted by Crippen LogP contribution is 2.46. The Hall–Kier alpha value is -7.68. The minimum Gasteiger partial charge on any atom is -0.310 e. The van der Waals surface area contributed by atoms with E-state index in [0.717, 1.165) is 22.7 Å². The Bertz CT molecular complexity index is 3160. The number of nitrogens with zero attached hydrogens (tertiary/aromatic N) is 2. The Morgan fingerprint density at radius 1 is 0.207 bits per heavy atom. The third-order valence-electron chi connectivity index (χ3n) is 12.1. The van der Waals surface area contributed by atoms with Crippen LogP contribution in [-0.2, 0) is 0 Å². The van der Waals surface area contributed by atoms with E-state index >= 15 is 0 Å². The second-order valence-corrected chi connectivity index (χ2v) is 15.3. The molecule has 0 saturated carbocycles. The highest BCUT2D eigenvalue weighted by Gasteiger charge is 2.20. The smallest absolute Gasteiger partial charge is 0.0540 e. The molecule has 12 aromatic rings. The maximum Gasteiger partial charge on any atom is 0.0540 e. The monoisotopic (exact) mass is 736 g/mol. The van der Waals surface area contributed by atoms with Crippen LogP contribution in [-0.4, -0.2) is 0 Å². The molecule has 0 aromatic heterocycles. The van der Waals surface area contributed by atoms with Gasteiger partial charge in [-0.3, -0.25) is 0 Å². The molecular formula is C56H36N2. The largest absolute Gasteiger partial charge is 0.310 e. The van der Waals surface area contributed by atoms with Gasteiger partial charge >= 0.3 is 0 Å². The lowest BCUT2D eigenvalue weighted by atomic mass is 9.93. The van der Waals surface area contributed by atoms with Crippen molar-refractivity contribution < 1.29 is 0 Å². The Balaban J connectivity index is 0.940. The Morgan fingerprint density at radius 3 is 0.897 bits per heavy atom. The summed E-state index contributed by atoms with van der Waals surface area (Å²) in [5, 5.41) is 15.4. The van der Waals surface area contributed by atoms with Crippen LogP contribution < -0.4 is 9.80 Å². The van der Waals surface area contributed by atoms with E-state index in [9.17, 15) is 0 Å². The van der Waals surface area contributed by atoms with Gasteiger partial charge in [0.15, 0.2) is 0 Å². The first-order valence-corrected chi connectivity index (χ1v) is 20.0. The van der Waals surface area contributed by atoms with Gasteiger partial charge in [0.05, 0.1) is 11.4 Å². The van der Waals surface area contributed by atoms with Gasteiger partial charge in [0.2, 0.25) is 0 Å². The molecule has 0 aliphatic heterocycles. The highest BCUT2D eigenvalue weighted by atomic mass is 15.1. The van der Waals surface area contributed by atoms with Gasteiger partial charge < -0.3 is 9.80 Å². The van der Waals surface area contributed by atoms with Crippen molar-refractivity contribution in [2.24, 2.45) is 0 Å². The SMILES string of the molecule is c1ccc(N(c2ccc(-c3ccc(N(c4ccccc4)c4ccc5ccc6cccc7ccc4c5c67)cc3)cc2)c2ccc3ccc4cccc5ccc2c3c45)cc1. The zero-order valence-corrected chi connectivity index (χ0v) is 31.7. The maximum absolute atomic E-state index is 2.40. The van der Waals surface area contributed by atoms with Gasteiger partial charge in [-0.25, -0.2) is 0 Å². The molecule has 0 fully saturated rings. The summed E-state index contributed by atoms with van der Waals surface area (Å²) in [6.07, 6.45) is 0. The molecule has 0 heterocycles. The van der Waals surface area contributed by atoms with Crippen LogP contribution in [0.3, 0.4) is 0 Å². The van der Waals surface area contributed by atoms with Crippen molar-refractivity contribution in [3.63, 3.8) is 0 Å². The molecule has 0 unspecified atom stereocenters. The summed E-state index contributed by atoms with van der Waals surface area (Å²) >= 11 is 0. The number of hydrogen-bond acceptors (Lipinski definition) is 2. The van der Waals surface area contributed by atoms with E-state index in [1.807, 2.05) is 0 Å². The van der Waals surface area contributed by atoms with Gasteiger partial charge in [-0.1, -0.05) is 158 Å². The van der Waals surface area contributed by atoms with Gasteiger partial charge in [0.25, 0.3) is 0 Å². The molecule has 0 saturated heterocycles. The predicted molar refractivity (Wildman–Crippen MR) is 249 cm³/mol. The third-order valence-corrected chi connectivity index (χ3v) is 12.1. The van der Waals surface area contributed by atoms with E-state index in [1.165, 1.54) is 87.1 Å².